The zero-order chi connectivity index (χ0) is 18.6. The quantitative estimate of drug-likeness (QED) is 0.766. The molecule has 0 unspecified atom stereocenters. The normalized spacial score (nSPS) is 14.3. The second kappa shape index (κ2) is 7.67. The Morgan fingerprint density at radius 2 is 1.81 bits per heavy atom. The van der Waals surface area contributed by atoms with Crippen LogP contribution in [0.15, 0.2) is 48.7 Å². The first-order valence-electron chi connectivity index (χ1n) is 8.86. The van der Waals surface area contributed by atoms with Gasteiger partial charge in [-0.2, -0.15) is 0 Å². The van der Waals surface area contributed by atoms with Gasteiger partial charge in [0.05, 0.1) is 13.2 Å². The lowest BCUT2D eigenvalue weighted by Gasteiger charge is -2.30. The van der Waals surface area contributed by atoms with Gasteiger partial charge in [-0.25, -0.2) is 14.4 Å². The van der Waals surface area contributed by atoms with Crippen LogP contribution in [0, 0.1) is 5.82 Å². The first-order chi connectivity index (χ1) is 13.2. The monoisotopic (exact) mass is 365 g/mol. The van der Waals surface area contributed by atoms with E-state index in [4.69, 9.17) is 15.5 Å². The minimum Gasteiger partial charge on any atom is -0.383 e. The number of rotatable bonds is 4. The summed E-state index contributed by atoms with van der Waals surface area (Å²) in [4.78, 5) is 15.6. The van der Waals surface area contributed by atoms with Gasteiger partial charge in [0.1, 0.15) is 23.1 Å². The molecule has 0 atom stereocenters. The molecule has 1 aromatic carbocycles. The highest BCUT2D eigenvalue weighted by Gasteiger charge is 2.22. The number of morpholine rings is 1. The number of ether oxygens (including phenoxy) is 1. The van der Waals surface area contributed by atoms with E-state index in [9.17, 15) is 4.39 Å². The van der Waals surface area contributed by atoms with Gasteiger partial charge in [0, 0.05) is 31.3 Å². The fraction of sp³-hybridized carbons (Fsp3) is 0.250. The van der Waals surface area contributed by atoms with Gasteiger partial charge < -0.3 is 15.4 Å². The molecule has 0 radical (unpaired) electrons. The van der Waals surface area contributed by atoms with Crippen LogP contribution in [0.2, 0.25) is 0 Å². The highest BCUT2D eigenvalue weighted by Crippen LogP contribution is 2.29. The van der Waals surface area contributed by atoms with Crippen molar-refractivity contribution in [1.29, 1.82) is 0 Å². The predicted octanol–water partition coefficient (Wildman–Crippen LogP) is 2.69. The highest BCUT2D eigenvalue weighted by molar-refractivity contribution is 5.64. The van der Waals surface area contributed by atoms with E-state index in [1.54, 1.807) is 18.3 Å². The van der Waals surface area contributed by atoms with E-state index in [-0.39, 0.29) is 5.82 Å². The second-order valence-electron chi connectivity index (χ2n) is 6.32. The zero-order valence-electron chi connectivity index (χ0n) is 14.8. The molecule has 2 N–H and O–H groups in total. The summed E-state index contributed by atoms with van der Waals surface area (Å²) < 4.78 is 19.7. The van der Waals surface area contributed by atoms with Crippen molar-refractivity contribution < 1.29 is 9.13 Å². The van der Waals surface area contributed by atoms with E-state index < -0.39 is 0 Å². The Hall–Kier alpha value is -3.06. The van der Waals surface area contributed by atoms with Crippen molar-refractivity contribution >= 4 is 11.6 Å². The van der Waals surface area contributed by atoms with Crippen molar-refractivity contribution in [2.45, 2.75) is 6.42 Å². The number of benzene rings is 1. The minimum atomic E-state index is -0.265. The summed E-state index contributed by atoms with van der Waals surface area (Å²) in [7, 11) is 0. The summed E-state index contributed by atoms with van der Waals surface area (Å²) in [6, 6.07) is 12.2. The molecule has 0 spiro atoms. The number of nitrogen functional groups attached to an aromatic ring is 1. The molecule has 1 aliphatic heterocycles. The molecule has 1 aliphatic rings. The van der Waals surface area contributed by atoms with E-state index in [0.717, 1.165) is 11.4 Å². The van der Waals surface area contributed by atoms with Gasteiger partial charge in [-0.1, -0.05) is 24.3 Å². The van der Waals surface area contributed by atoms with Gasteiger partial charge in [-0.15, -0.1) is 0 Å². The molecule has 3 heterocycles. The molecule has 0 bridgehead atoms. The maximum atomic E-state index is 14.2. The average molecular weight is 365 g/mol. The van der Waals surface area contributed by atoms with E-state index in [0.29, 0.717) is 55.6 Å². The van der Waals surface area contributed by atoms with E-state index >= 15 is 0 Å². The molecule has 2 aromatic heterocycles. The van der Waals surface area contributed by atoms with E-state index in [2.05, 4.69) is 14.9 Å². The number of aromatic nitrogens is 3. The molecular formula is C20H20FN5O. The van der Waals surface area contributed by atoms with E-state index in [1.165, 1.54) is 6.07 Å². The maximum absolute atomic E-state index is 14.2. The lowest BCUT2D eigenvalue weighted by Crippen LogP contribution is -2.37. The molecule has 4 rings (SSSR count). The number of halogens is 1. The number of hydrogen-bond donors (Lipinski definition) is 1. The largest absolute Gasteiger partial charge is 0.383 e. The zero-order valence-corrected chi connectivity index (χ0v) is 14.8. The van der Waals surface area contributed by atoms with Crippen LogP contribution >= 0.6 is 0 Å². The molecule has 138 valence electrons. The van der Waals surface area contributed by atoms with Crippen molar-refractivity contribution in [1.82, 2.24) is 15.0 Å². The van der Waals surface area contributed by atoms with E-state index in [1.807, 2.05) is 24.3 Å². The molecule has 0 amide bonds. The molecule has 1 saturated heterocycles. The topological polar surface area (TPSA) is 77.2 Å². The summed E-state index contributed by atoms with van der Waals surface area (Å²) in [5.41, 5.74) is 8.24. The summed E-state index contributed by atoms with van der Waals surface area (Å²) in [6.07, 6.45) is 2.02. The van der Waals surface area contributed by atoms with Gasteiger partial charge in [0.25, 0.3) is 0 Å². The third-order valence-corrected chi connectivity index (χ3v) is 4.55. The van der Waals surface area contributed by atoms with Crippen LogP contribution in [0.25, 0.3) is 11.5 Å². The molecule has 7 heteroatoms. The van der Waals surface area contributed by atoms with Crippen molar-refractivity contribution in [3.05, 3.63) is 65.6 Å². The van der Waals surface area contributed by atoms with Crippen LogP contribution in [0.4, 0.5) is 16.0 Å². The molecule has 3 aromatic rings. The molecular weight excluding hydrogens is 345 g/mol. The number of nitrogens with two attached hydrogens (primary N) is 1. The third-order valence-electron chi connectivity index (χ3n) is 4.55. The molecule has 27 heavy (non-hydrogen) atoms. The highest BCUT2D eigenvalue weighted by atomic mass is 19.1. The summed E-state index contributed by atoms with van der Waals surface area (Å²) in [5, 5.41) is 0. The van der Waals surface area contributed by atoms with Gasteiger partial charge in [-0.3, -0.25) is 4.98 Å². The molecule has 0 aliphatic carbocycles. The Bertz CT molecular complexity index is 929. The fourth-order valence-electron chi connectivity index (χ4n) is 3.14. The van der Waals surface area contributed by atoms with Crippen molar-refractivity contribution in [3.8, 4) is 11.5 Å². The summed E-state index contributed by atoms with van der Waals surface area (Å²) in [5.74, 6) is 1.26. The van der Waals surface area contributed by atoms with Gasteiger partial charge in [0.2, 0.25) is 0 Å². The molecule has 6 nitrogen and oxygen atoms in total. The number of anilines is 2. The lowest BCUT2D eigenvalue weighted by molar-refractivity contribution is 0.122. The number of nitrogens with zero attached hydrogens (tertiary/aromatic N) is 4. The standard InChI is InChI=1S/C20H20FN5O/c21-16-6-2-1-5-14(16)13-15-18(22)24-19(17-7-3-4-8-23-17)25-20(15)26-9-11-27-12-10-26/h1-8H,9-13H2,(H2,22,24,25). The van der Waals surface area contributed by atoms with Crippen LogP contribution in [-0.4, -0.2) is 41.3 Å². The van der Waals surface area contributed by atoms with Crippen LogP contribution in [0.3, 0.4) is 0 Å². The minimum absolute atomic E-state index is 0.265. The summed E-state index contributed by atoms with van der Waals surface area (Å²) in [6.45, 7) is 2.62. The van der Waals surface area contributed by atoms with Crippen LogP contribution in [0.1, 0.15) is 11.1 Å². The first kappa shape index (κ1) is 17.4. The van der Waals surface area contributed by atoms with Crippen molar-refractivity contribution in [3.63, 3.8) is 0 Å². The molecule has 1 fully saturated rings. The van der Waals surface area contributed by atoms with Crippen molar-refractivity contribution in [2.24, 2.45) is 0 Å². The average Bonchev–Trinajstić information content (AvgIpc) is 2.72. The number of hydrogen-bond acceptors (Lipinski definition) is 6. The Morgan fingerprint density at radius 3 is 2.56 bits per heavy atom. The maximum Gasteiger partial charge on any atom is 0.182 e. The van der Waals surface area contributed by atoms with Crippen molar-refractivity contribution in [2.75, 3.05) is 36.9 Å². The Labute approximate surface area is 156 Å². The SMILES string of the molecule is Nc1nc(-c2ccccn2)nc(N2CCOCC2)c1Cc1ccccc1F. The fourth-order valence-corrected chi connectivity index (χ4v) is 3.14. The second-order valence-corrected chi connectivity index (χ2v) is 6.32. The molecule has 0 saturated carbocycles. The predicted molar refractivity (Wildman–Crippen MR) is 102 cm³/mol. The van der Waals surface area contributed by atoms with Gasteiger partial charge in [0.15, 0.2) is 5.82 Å². The van der Waals surface area contributed by atoms with Crippen LogP contribution < -0.4 is 10.6 Å². The smallest absolute Gasteiger partial charge is 0.182 e. The summed E-state index contributed by atoms with van der Waals surface area (Å²) >= 11 is 0. The van der Waals surface area contributed by atoms with Crippen LogP contribution in [-0.2, 0) is 11.2 Å². The lowest BCUT2D eigenvalue weighted by atomic mass is 10.0. The Morgan fingerprint density at radius 1 is 1.04 bits per heavy atom. The van der Waals surface area contributed by atoms with Crippen LogP contribution in [0.5, 0.6) is 0 Å². The third kappa shape index (κ3) is 3.73. The Kier molecular flexibility index (Phi) is 4.93. The first-order valence-corrected chi connectivity index (χ1v) is 8.86. The Balaban J connectivity index is 1.80. The van der Waals surface area contributed by atoms with Gasteiger partial charge in [-0.05, 0) is 23.8 Å². The van der Waals surface area contributed by atoms with Gasteiger partial charge >= 0.3 is 0 Å². The number of pyridine rings is 1.